The molecule has 0 aliphatic rings. The number of nitrogens with two attached hydrogens (primary N) is 1. The molecule has 0 aliphatic carbocycles. The van der Waals surface area contributed by atoms with E-state index in [2.05, 4.69) is 21.0 Å². The second kappa shape index (κ2) is 4.89. The van der Waals surface area contributed by atoms with Crippen molar-refractivity contribution in [3.8, 4) is 11.3 Å². The zero-order valence-corrected chi connectivity index (χ0v) is 11.1. The molecule has 0 saturated carbocycles. The lowest BCUT2D eigenvalue weighted by Crippen LogP contribution is -2.07. The summed E-state index contributed by atoms with van der Waals surface area (Å²) in [6.45, 7) is 2.47. The topological polar surface area (TPSA) is 64.1 Å². The molecule has 1 heterocycles. The number of nitrogen functional groups attached to an aromatic ring is 1. The minimum atomic E-state index is 0.0305. The van der Waals surface area contributed by atoms with Crippen LogP contribution in [0.15, 0.2) is 28.7 Å². The number of aliphatic hydroxyl groups is 1. The van der Waals surface area contributed by atoms with Gasteiger partial charge in [-0.2, -0.15) is 5.10 Å². The first-order valence-electron chi connectivity index (χ1n) is 5.33. The van der Waals surface area contributed by atoms with Crippen LogP contribution in [0.2, 0.25) is 0 Å². The molecule has 1 aromatic carbocycles. The van der Waals surface area contributed by atoms with Crippen LogP contribution in [0.3, 0.4) is 0 Å². The summed E-state index contributed by atoms with van der Waals surface area (Å²) in [5, 5.41) is 13.3. The van der Waals surface area contributed by atoms with Crippen LogP contribution in [0.5, 0.6) is 0 Å². The van der Waals surface area contributed by atoms with Gasteiger partial charge in [-0.1, -0.05) is 28.1 Å². The van der Waals surface area contributed by atoms with Gasteiger partial charge in [0.2, 0.25) is 0 Å². The third kappa shape index (κ3) is 2.35. The van der Waals surface area contributed by atoms with Crippen molar-refractivity contribution in [3.05, 3.63) is 34.3 Å². The molecule has 0 aliphatic heterocycles. The van der Waals surface area contributed by atoms with Crippen molar-refractivity contribution >= 4 is 21.7 Å². The molecule has 5 heteroatoms. The number of hydrogen-bond donors (Lipinski definition) is 2. The molecule has 1 aromatic heterocycles. The number of benzene rings is 1. The summed E-state index contributed by atoms with van der Waals surface area (Å²) in [6, 6.07) is 7.79. The van der Waals surface area contributed by atoms with E-state index in [1.54, 1.807) is 4.68 Å². The lowest BCUT2D eigenvalue weighted by atomic mass is 10.1. The Hall–Kier alpha value is -1.33. The first-order chi connectivity index (χ1) is 8.13. The van der Waals surface area contributed by atoms with E-state index >= 15 is 0 Å². The summed E-state index contributed by atoms with van der Waals surface area (Å²) >= 11 is 3.49. The highest BCUT2D eigenvalue weighted by atomic mass is 79.9. The molecular formula is C12H14BrN3O. The van der Waals surface area contributed by atoms with Gasteiger partial charge in [0.05, 0.1) is 18.8 Å². The Morgan fingerprint density at radius 2 is 2.24 bits per heavy atom. The fraction of sp³-hybridized carbons (Fsp3) is 0.250. The second-order valence-electron chi connectivity index (χ2n) is 3.81. The smallest absolute Gasteiger partial charge is 0.122 e. The van der Waals surface area contributed by atoms with Gasteiger partial charge in [0.15, 0.2) is 0 Å². The Labute approximate surface area is 108 Å². The molecule has 0 atom stereocenters. The average Bonchev–Trinajstić information content (AvgIpc) is 2.65. The first-order valence-corrected chi connectivity index (χ1v) is 6.12. The van der Waals surface area contributed by atoms with E-state index < -0.39 is 0 Å². The Morgan fingerprint density at radius 1 is 1.47 bits per heavy atom. The molecule has 2 aromatic rings. The Balaban J connectivity index is 2.46. The van der Waals surface area contributed by atoms with Gasteiger partial charge in [-0.3, -0.25) is 0 Å². The molecule has 0 radical (unpaired) electrons. The number of aliphatic hydroxyl groups excluding tert-OH is 1. The predicted molar refractivity (Wildman–Crippen MR) is 71.6 cm³/mol. The van der Waals surface area contributed by atoms with Crippen molar-refractivity contribution < 1.29 is 5.11 Å². The highest BCUT2D eigenvalue weighted by Crippen LogP contribution is 2.28. The van der Waals surface area contributed by atoms with Gasteiger partial charge in [0, 0.05) is 16.1 Å². The quantitative estimate of drug-likeness (QED) is 0.912. The molecule has 90 valence electrons. The van der Waals surface area contributed by atoms with Crippen LogP contribution in [0.1, 0.15) is 5.56 Å². The molecule has 17 heavy (non-hydrogen) atoms. The van der Waals surface area contributed by atoms with Crippen LogP contribution in [0.4, 0.5) is 5.82 Å². The molecule has 0 amide bonds. The summed E-state index contributed by atoms with van der Waals surface area (Å²) < 4.78 is 2.65. The van der Waals surface area contributed by atoms with Crippen molar-refractivity contribution in [2.45, 2.75) is 13.5 Å². The average molecular weight is 296 g/mol. The van der Waals surface area contributed by atoms with Crippen molar-refractivity contribution in [2.24, 2.45) is 0 Å². The van der Waals surface area contributed by atoms with Crippen molar-refractivity contribution in [1.82, 2.24) is 9.78 Å². The fourth-order valence-corrected chi connectivity index (χ4v) is 2.09. The van der Waals surface area contributed by atoms with Gasteiger partial charge >= 0.3 is 0 Å². The van der Waals surface area contributed by atoms with Crippen molar-refractivity contribution in [1.29, 1.82) is 0 Å². The van der Waals surface area contributed by atoms with Crippen LogP contribution >= 0.6 is 15.9 Å². The molecule has 4 nitrogen and oxygen atoms in total. The van der Waals surface area contributed by atoms with E-state index in [1.807, 2.05) is 31.2 Å². The molecule has 0 spiro atoms. The highest BCUT2D eigenvalue weighted by molar-refractivity contribution is 9.10. The zero-order chi connectivity index (χ0) is 12.4. The standard InChI is InChI=1S/C12H14BrN3O/c1-8-9(3-2-4-10(8)13)11-7-12(14)16(15-11)5-6-17/h2-4,7,17H,5-6,14H2,1H3. The van der Waals surface area contributed by atoms with Crippen LogP contribution < -0.4 is 5.73 Å². The molecular weight excluding hydrogens is 282 g/mol. The third-order valence-electron chi connectivity index (χ3n) is 2.67. The number of anilines is 1. The van der Waals surface area contributed by atoms with Crippen LogP contribution in [0, 0.1) is 6.92 Å². The summed E-state index contributed by atoms with van der Waals surface area (Å²) in [7, 11) is 0. The monoisotopic (exact) mass is 295 g/mol. The largest absolute Gasteiger partial charge is 0.394 e. The van der Waals surface area contributed by atoms with E-state index in [-0.39, 0.29) is 6.61 Å². The number of nitrogens with zero attached hydrogens (tertiary/aromatic N) is 2. The highest BCUT2D eigenvalue weighted by Gasteiger charge is 2.10. The van der Waals surface area contributed by atoms with E-state index in [9.17, 15) is 0 Å². The van der Waals surface area contributed by atoms with Gasteiger partial charge in [-0.25, -0.2) is 4.68 Å². The molecule has 0 unspecified atom stereocenters. The second-order valence-corrected chi connectivity index (χ2v) is 4.67. The summed E-state index contributed by atoms with van der Waals surface area (Å²) in [5.74, 6) is 0.563. The summed E-state index contributed by atoms with van der Waals surface area (Å²) in [5.41, 5.74) is 8.83. The number of aromatic nitrogens is 2. The molecule has 3 N–H and O–H groups in total. The molecule has 0 bridgehead atoms. The predicted octanol–water partition coefficient (Wildman–Crippen LogP) is 2.20. The van der Waals surface area contributed by atoms with Crippen LogP contribution in [0.25, 0.3) is 11.3 Å². The molecule has 0 saturated heterocycles. The maximum atomic E-state index is 8.90. The maximum absolute atomic E-state index is 8.90. The Bertz CT molecular complexity index is 537. The minimum absolute atomic E-state index is 0.0305. The number of halogens is 1. The molecule has 0 fully saturated rings. The van der Waals surface area contributed by atoms with Gasteiger partial charge in [0.25, 0.3) is 0 Å². The first kappa shape index (κ1) is 12.1. The van der Waals surface area contributed by atoms with Gasteiger partial charge in [-0.05, 0) is 18.6 Å². The third-order valence-corrected chi connectivity index (χ3v) is 3.53. The molecule has 2 rings (SSSR count). The van der Waals surface area contributed by atoms with E-state index in [0.29, 0.717) is 12.4 Å². The van der Waals surface area contributed by atoms with Crippen LogP contribution in [-0.2, 0) is 6.54 Å². The van der Waals surface area contributed by atoms with Gasteiger partial charge in [0.1, 0.15) is 5.82 Å². The number of hydrogen-bond acceptors (Lipinski definition) is 3. The minimum Gasteiger partial charge on any atom is -0.394 e. The number of rotatable bonds is 3. The Morgan fingerprint density at radius 3 is 2.94 bits per heavy atom. The van der Waals surface area contributed by atoms with Gasteiger partial charge in [-0.15, -0.1) is 0 Å². The SMILES string of the molecule is Cc1c(Br)cccc1-c1cc(N)n(CCO)n1. The lowest BCUT2D eigenvalue weighted by molar-refractivity contribution is 0.270. The van der Waals surface area contributed by atoms with Crippen LogP contribution in [-0.4, -0.2) is 21.5 Å². The lowest BCUT2D eigenvalue weighted by Gasteiger charge is -2.04. The van der Waals surface area contributed by atoms with Gasteiger partial charge < -0.3 is 10.8 Å². The Kier molecular flexibility index (Phi) is 3.49. The van der Waals surface area contributed by atoms with E-state index in [4.69, 9.17) is 10.8 Å². The normalized spacial score (nSPS) is 10.8. The fourth-order valence-electron chi connectivity index (χ4n) is 1.72. The van der Waals surface area contributed by atoms with E-state index in [0.717, 1.165) is 21.3 Å². The van der Waals surface area contributed by atoms with Crippen molar-refractivity contribution in [3.63, 3.8) is 0 Å². The zero-order valence-electron chi connectivity index (χ0n) is 9.52. The maximum Gasteiger partial charge on any atom is 0.122 e. The summed E-state index contributed by atoms with van der Waals surface area (Å²) in [6.07, 6.45) is 0. The van der Waals surface area contributed by atoms with Crippen molar-refractivity contribution in [2.75, 3.05) is 12.3 Å². The van der Waals surface area contributed by atoms with E-state index in [1.165, 1.54) is 0 Å². The summed E-state index contributed by atoms with van der Waals surface area (Å²) in [4.78, 5) is 0.